The van der Waals surface area contributed by atoms with E-state index in [9.17, 15) is 4.39 Å². The molecule has 0 radical (unpaired) electrons. The first-order valence-corrected chi connectivity index (χ1v) is 4.46. The summed E-state index contributed by atoms with van der Waals surface area (Å²) in [5.74, 6) is 0.0943. The molecule has 0 fully saturated rings. The molecule has 0 bridgehead atoms. The second-order valence-electron chi connectivity index (χ2n) is 3.31. The summed E-state index contributed by atoms with van der Waals surface area (Å²) in [5.41, 5.74) is 1.63. The van der Waals surface area contributed by atoms with Gasteiger partial charge in [0.1, 0.15) is 5.82 Å². The van der Waals surface area contributed by atoms with E-state index in [1.54, 1.807) is 6.07 Å². The summed E-state index contributed by atoms with van der Waals surface area (Å²) < 4.78 is 13.2. The molecule has 1 rings (SSSR count). The maximum absolute atomic E-state index is 13.2. The van der Waals surface area contributed by atoms with E-state index in [4.69, 9.17) is 0 Å². The molecule has 0 N–H and O–H groups in total. The minimum absolute atomic E-state index is 0.125. The predicted octanol–water partition coefficient (Wildman–Crippen LogP) is 3.55. The Morgan fingerprint density at radius 3 is 2.42 bits per heavy atom. The first-order valence-electron chi connectivity index (χ1n) is 4.01. The first kappa shape index (κ1) is 9.59. The van der Waals surface area contributed by atoms with Gasteiger partial charge in [-0.2, -0.15) is 0 Å². The zero-order chi connectivity index (χ0) is 9.30. The fourth-order valence-electron chi connectivity index (χ4n) is 1.12. The lowest BCUT2D eigenvalue weighted by Gasteiger charge is -2.09. The summed E-state index contributed by atoms with van der Waals surface area (Å²) in [6, 6.07) is 3.34. The SMILES string of the molecule is Cc1cc(F)c(C(C)C)cc1S. The van der Waals surface area contributed by atoms with E-state index >= 15 is 0 Å². The van der Waals surface area contributed by atoms with Crippen molar-refractivity contribution in [1.82, 2.24) is 0 Å². The summed E-state index contributed by atoms with van der Waals surface area (Å²) in [6.07, 6.45) is 0. The van der Waals surface area contributed by atoms with Crippen molar-refractivity contribution in [2.45, 2.75) is 31.6 Å². The van der Waals surface area contributed by atoms with E-state index in [-0.39, 0.29) is 11.7 Å². The van der Waals surface area contributed by atoms with Crippen molar-refractivity contribution in [3.05, 3.63) is 29.1 Å². The average molecular weight is 184 g/mol. The van der Waals surface area contributed by atoms with Crippen LogP contribution in [0.15, 0.2) is 17.0 Å². The van der Waals surface area contributed by atoms with Crippen LogP contribution in [-0.2, 0) is 0 Å². The Hall–Kier alpha value is -0.500. The molecule has 12 heavy (non-hydrogen) atoms. The lowest BCUT2D eigenvalue weighted by molar-refractivity contribution is 0.595. The van der Waals surface area contributed by atoms with E-state index in [0.717, 1.165) is 16.0 Å². The molecule has 0 spiro atoms. The van der Waals surface area contributed by atoms with Crippen LogP contribution >= 0.6 is 12.6 Å². The molecule has 0 saturated heterocycles. The van der Waals surface area contributed by atoms with Crippen molar-refractivity contribution in [1.29, 1.82) is 0 Å². The number of hydrogen-bond donors (Lipinski definition) is 1. The van der Waals surface area contributed by atoms with E-state index in [0.29, 0.717) is 0 Å². The van der Waals surface area contributed by atoms with Crippen molar-refractivity contribution in [2.24, 2.45) is 0 Å². The lowest BCUT2D eigenvalue weighted by atomic mass is 10.0. The van der Waals surface area contributed by atoms with Crippen LogP contribution in [0, 0.1) is 12.7 Å². The Bertz CT molecular complexity index is 292. The first-order chi connectivity index (χ1) is 5.52. The molecule has 0 heterocycles. The topological polar surface area (TPSA) is 0 Å². The maximum atomic E-state index is 13.2. The van der Waals surface area contributed by atoms with Crippen LogP contribution in [-0.4, -0.2) is 0 Å². The number of aryl methyl sites for hydroxylation is 1. The monoisotopic (exact) mass is 184 g/mol. The summed E-state index contributed by atoms with van der Waals surface area (Å²) >= 11 is 4.24. The van der Waals surface area contributed by atoms with E-state index in [1.165, 1.54) is 6.07 Å². The van der Waals surface area contributed by atoms with Crippen molar-refractivity contribution in [3.63, 3.8) is 0 Å². The van der Waals surface area contributed by atoms with Gasteiger partial charge in [0.25, 0.3) is 0 Å². The normalized spacial score (nSPS) is 10.8. The molecule has 0 atom stereocenters. The fourth-order valence-corrected chi connectivity index (χ4v) is 1.32. The van der Waals surface area contributed by atoms with Gasteiger partial charge >= 0.3 is 0 Å². The van der Waals surface area contributed by atoms with Crippen molar-refractivity contribution in [2.75, 3.05) is 0 Å². The largest absolute Gasteiger partial charge is 0.207 e. The minimum atomic E-state index is -0.125. The van der Waals surface area contributed by atoms with E-state index < -0.39 is 0 Å². The highest BCUT2D eigenvalue weighted by atomic mass is 32.1. The number of thiol groups is 1. The van der Waals surface area contributed by atoms with Crippen LogP contribution in [0.25, 0.3) is 0 Å². The van der Waals surface area contributed by atoms with Gasteiger partial charge in [-0.1, -0.05) is 13.8 Å². The van der Waals surface area contributed by atoms with Crippen LogP contribution in [0.3, 0.4) is 0 Å². The van der Waals surface area contributed by atoms with Crippen LogP contribution in [0.2, 0.25) is 0 Å². The van der Waals surface area contributed by atoms with Gasteiger partial charge in [-0.3, -0.25) is 0 Å². The third kappa shape index (κ3) is 1.81. The second-order valence-corrected chi connectivity index (χ2v) is 3.80. The highest BCUT2D eigenvalue weighted by Gasteiger charge is 2.08. The zero-order valence-corrected chi connectivity index (χ0v) is 8.45. The quantitative estimate of drug-likeness (QED) is 0.634. The minimum Gasteiger partial charge on any atom is -0.207 e. The molecular weight excluding hydrogens is 171 g/mol. The molecule has 0 aromatic heterocycles. The molecule has 0 amide bonds. The molecule has 0 saturated carbocycles. The van der Waals surface area contributed by atoms with Gasteiger partial charge in [-0.05, 0) is 36.1 Å². The Morgan fingerprint density at radius 2 is 1.92 bits per heavy atom. The molecule has 0 unspecified atom stereocenters. The molecule has 0 aliphatic heterocycles. The van der Waals surface area contributed by atoms with Crippen LogP contribution in [0.4, 0.5) is 4.39 Å². The van der Waals surface area contributed by atoms with Gasteiger partial charge in [0.2, 0.25) is 0 Å². The van der Waals surface area contributed by atoms with Crippen LogP contribution in [0.1, 0.15) is 30.9 Å². The van der Waals surface area contributed by atoms with E-state index in [1.807, 2.05) is 20.8 Å². The highest BCUT2D eigenvalue weighted by molar-refractivity contribution is 7.80. The van der Waals surface area contributed by atoms with E-state index in [2.05, 4.69) is 12.6 Å². The number of rotatable bonds is 1. The van der Waals surface area contributed by atoms with Crippen molar-refractivity contribution in [3.8, 4) is 0 Å². The number of halogens is 1. The molecule has 0 aliphatic carbocycles. The van der Waals surface area contributed by atoms with Gasteiger partial charge in [-0.25, -0.2) is 4.39 Å². The Kier molecular flexibility index (Phi) is 2.78. The molecule has 66 valence electrons. The van der Waals surface area contributed by atoms with Gasteiger partial charge in [0.05, 0.1) is 0 Å². The average Bonchev–Trinajstić information content (AvgIpc) is 1.96. The highest BCUT2D eigenvalue weighted by Crippen LogP contribution is 2.24. The van der Waals surface area contributed by atoms with Crippen LogP contribution in [0.5, 0.6) is 0 Å². The molecule has 1 aromatic carbocycles. The maximum Gasteiger partial charge on any atom is 0.126 e. The Labute approximate surface area is 78.2 Å². The molecular formula is C10H13FS. The Balaban J connectivity index is 3.23. The predicted molar refractivity (Wildman–Crippen MR) is 52.5 cm³/mol. The summed E-state index contributed by atoms with van der Waals surface area (Å²) in [4.78, 5) is 0.861. The van der Waals surface area contributed by atoms with Crippen LogP contribution < -0.4 is 0 Å². The second kappa shape index (κ2) is 3.48. The summed E-state index contributed by atoms with van der Waals surface area (Å²) in [7, 11) is 0. The summed E-state index contributed by atoms with van der Waals surface area (Å²) in [6.45, 7) is 5.80. The molecule has 0 nitrogen and oxygen atoms in total. The molecule has 0 aliphatic rings. The van der Waals surface area contributed by atoms with Crippen molar-refractivity contribution >= 4 is 12.6 Å². The smallest absolute Gasteiger partial charge is 0.126 e. The Morgan fingerprint density at radius 1 is 1.33 bits per heavy atom. The molecule has 2 heteroatoms. The van der Waals surface area contributed by atoms with Gasteiger partial charge in [0, 0.05) is 4.90 Å². The lowest BCUT2D eigenvalue weighted by Crippen LogP contribution is -1.94. The number of hydrogen-bond acceptors (Lipinski definition) is 1. The third-order valence-corrected chi connectivity index (χ3v) is 2.42. The van der Waals surface area contributed by atoms with Gasteiger partial charge in [0.15, 0.2) is 0 Å². The summed E-state index contributed by atoms with van der Waals surface area (Å²) in [5, 5.41) is 0. The van der Waals surface area contributed by atoms with Gasteiger partial charge in [-0.15, -0.1) is 12.6 Å². The van der Waals surface area contributed by atoms with Gasteiger partial charge < -0.3 is 0 Å². The number of benzene rings is 1. The zero-order valence-electron chi connectivity index (χ0n) is 7.56. The standard InChI is InChI=1S/C10H13FS/c1-6(2)8-5-10(12)7(3)4-9(8)11/h4-6,12H,1-3H3. The van der Waals surface area contributed by atoms with Crippen molar-refractivity contribution < 1.29 is 4.39 Å². The third-order valence-electron chi connectivity index (χ3n) is 1.94. The fraction of sp³-hybridized carbons (Fsp3) is 0.400. The molecule has 1 aromatic rings.